The molecule has 0 aliphatic carbocycles. The van der Waals surface area contributed by atoms with Crippen molar-refractivity contribution >= 4 is 34.6 Å². The Morgan fingerprint density at radius 1 is 1.39 bits per heavy atom. The normalized spacial score (nSPS) is 29.9. The largest absolute Gasteiger partial charge is 0.439 e. The number of benzene rings is 1. The van der Waals surface area contributed by atoms with Crippen LogP contribution in [0.2, 0.25) is 0 Å². The Labute approximate surface area is 201 Å². The lowest BCUT2D eigenvalue weighted by atomic mass is 9.91. The SMILES string of the molecule is CCC1C=C(C2=CSC=C(C)C2C)OC(c2ccc(F)c(C3(C)CS(=O)N(C)C(N)=N3)c2)=N1. The first-order valence-electron chi connectivity index (χ1n) is 10.9. The molecular formula is C24H29FN4O2S2. The fourth-order valence-electron chi connectivity index (χ4n) is 3.97. The summed E-state index contributed by atoms with van der Waals surface area (Å²) in [4.78, 5) is 9.24. The Morgan fingerprint density at radius 2 is 2.15 bits per heavy atom. The molecule has 0 saturated heterocycles. The fraction of sp³-hybridized carbons (Fsp3) is 0.417. The third-order valence-corrected chi connectivity index (χ3v) is 8.83. The van der Waals surface area contributed by atoms with Gasteiger partial charge in [-0.2, -0.15) is 0 Å². The van der Waals surface area contributed by atoms with Crippen molar-refractivity contribution in [1.29, 1.82) is 0 Å². The molecule has 176 valence electrons. The smallest absolute Gasteiger partial charge is 0.222 e. The molecular weight excluding hydrogens is 459 g/mol. The van der Waals surface area contributed by atoms with Gasteiger partial charge in [-0.25, -0.2) is 18.6 Å². The van der Waals surface area contributed by atoms with Gasteiger partial charge in [0.15, 0.2) is 0 Å². The maximum atomic E-state index is 15.0. The molecule has 2 N–H and O–H groups in total. The second kappa shape index (κ2) is 9.10. The van der Waals surface area contributed by atoms with Gasteiger partial charge in [0.05, 0.1) is 11.8 Å². The monoisotopic (exact) mass is 488 g/mol. The van der Waals surface area contributed by atoms with Crippen LogP contribution in [0.3, 0.4) is 0 Å². The first-order valence-corrected chi connectivity index (χ1v) is 13.1. The van der Waals surface area contributed by atoms with E-state index in [2.05, 4.69) is 42.7 Å². The van der Waals surface area contributed by atoms with E-state index in [-0.39, 0.29) is 23.7 Å². The highest BCUT2D eigenvalue weighted by Crippen LogP contribution is 2.38. The van der Waals surface area contributed by atoms with Crippen molar-refractivity contribution in [3.63, 3.8) is 0 Å². The minimum absolute atomic E-state index is 0.0401. The maximum Gasteiger partial charge on any atom is 0.222 e. The van der Waals surface area contributed by atoms with Crippen LogP contribution < -0.4 is 5.73 Å². The van der Waals surface area contributed by atoms with Gasteiger partial charge in [-0.1, -0.05) is 19.4 Å². The molecule has 1 aromatic rings. The summed E-state index contributed by atoms with van der Waals surface area (Å²) in [7, 11) is 0.209. The van der Waals surface area contributed by atoms with Crippen molar-refractivity contribution < 1.29 is 13.3 Å². The highest BCUT2D eigenvalue weighted by Gasteiger charge is 2.38. The van der Waals surface area contributed by atoms with E-state index in [1.165, 1.54) is 15.9 Å². The zero-order valence-corrected chi connectivity index (χ0v) is 21.1. The summed E-state index contributed by atoms with van der Waals surface area (Å²) >= 11 is 1.64. The highest BCUT2D eigenvalue weighted by molar-refractivity contribution is 8.05. The van der Waals surface area contributed by atoms with Gasteiger partial charge in [0, 0.05) is 29.7 Å². The van der Waals surface area contributed by atoms with Crippen LogP contribution in [0.4, 0.5) is 4.39 Å². The summed E-state index contributed by atoms with van der Waals surface area (Å²) in [6.07, 6.45) is 2.87. The van der Waals surface area contributed by atoms with Crippen molar-refractivity contribution in [2.45, 2.75) is 45.7 Å². The van der Waals surface area contributed by atoms with Crippen LogP contribution in [0.15, 0.2) is 62.0 Å². The second-order valence-corrected chi connectivity index (χ2v) is 11.0. The van der Waals surface area contributed by atoms with Gasteiger partial charge in [0.2, 0.25) is 11.9 Å². The average molecular weight is 489 g/mol. The molecule has 0 amide bonds. The van der Waals surface area contributed by atoms with Gasteiger partial charge in [0.25, 0.3) is 0 Å². The zero-order chi connectivity index (χ0) is 23.9. The third kappa shape index (κ3) is 4.53. The van der Waals surface area contributed by atoms with E-state index >= 15 is 0 Å². The van der Waals surface area contributed by atoms with Crippen LogP contribution in [0, 0.1) is 11.7 Å². The molecule has 33 heavy (non-hydrogen) atoms. The minimum atomic E-state index is -1.40. The zero-order valence-electron chi connectivity index (χ0n) is 19.5. The van der Waals surface area contributed by atoms with Gasteiger partial charge in [-0.3, -0.25) is 4.31 Å². The summed E-state index contributed by atoms with van der Waals surface area (Å²) in [5.74, 6) is 1.30. The number of guanidine groups is 1. The lowest BCUT2D eigenvalue weighted by molar-refractivity contribution is 0.394. The van der Waals surface area contributed by atoms with Gasteiger partial charge >= 0.3 is 0 Å². The van der Waals surface area contributed by atoms with Crippen LogP contribution in [0.5, 0.6) is 0 Å². The minimum Gasteiger partial charge on any atom is -0.439 e. The Morgan fingerprint density at radius 3 is 2.85 bits per heavy atom. The van der Waals surface area contributed by atoms with E-state index in [9.17, 15) is 8.60 Å². The summed E-state index contributed by atoms with van der Waals surface area (Å²) in [6.45, 7) is 8.10. The van der Waals surface area contributed by atoms with E-state index in [1.807, 2.05) is 0 Å². The maximum absolute atomic E-state index is 15.0. The lowest BCUT2D eigenvalue weighted by Gasteiger charge is -2.34. The standard InChI is InChI=1S/C24H29FN4O2S2/c1-6-17-10-21(18-12-32-11-14(2)15(18)3)31-22(27-17)16-7-8-20(25)19(9-16)24(4)13-33(30)29(5)23(26)28-24/h7-12,15,17H,6,13H2,1-5H3,(H2,26,28). The topological polar surface area (TPSA) is 80.3 Å². The van der Waals surface area contributed by atoms with Crippen LogP contribution in [0.25, 0.3) is 0 Å². The number of halogens is 1. The molecule has 0 fully saturated rings. The van der Waals surface area contributed by atoms with Crippen molar-refractivity contribution in [2.75, 3.05) is 12.8 Å². The van der Waals surface area contributed by atoms with Crippen molar-refractivity contribution in [3.8, 4) is 0 Å². The Kier molecular flexibility index (Phi) is 6.55. The quantitative estimate of drug-likeness (QED) is 0.673. The molecule has 3 heterocycles. The van der Waals surface area contributed by atoms with Gasteiger partial charge in [0.1, 0.15) is 28.1 Å². The third-order valence-electron chi connectivity index (χ3n) is 6.32. The molecule has 0 aromatic heterocycles. The number of rotatable bonds is 4. The summed E-state index contributed by atoms with van der Waals surface area (Å²) < 4.78 is 35.2. The molecule has 3 aliphatic rings. The fourth-order valence-corrected chi connectivity index (χ4v) is 6.06. The van der Waals surface area contributed by atoms with E-state index in [0.29, 0.717) is 17.0 Å². The van der Waals surface area contributed by atoms with Gasteiger partial charge < -0.3 is 10.5 Å². The first-order chi connectivity index (χ1) is 15.6. The van der Waals surface area contributed by atoms with Crippen LogP contribution >= 0.6 is 11.8 Å². The number of thioether (sulfide) groups is 1. The van der Waals surface area contributed by atoms with Crippen LogP contribution in [-0.4, -0.2) is 39.2 Å². The van der Waals surface area contributed by atoms with Crippen molar-refractivity contribution in [3.05, 3.63) is 68.9 Å². The Balaban J connectivity index is 1.71. The lowest BCUT2D eigenvalue weighted by Crippen LogP contribution is -2.47. The van der Waals surface area contributed by atoms with Crippen LogP contribution in [-0.2, 0) is 21.3 Å². The van der Waals surface area contributed by atoms with E-state index in [4.69, 9.17) is 15.5 Å². The second-order valence-electron chi connectivity index (χ2n) is 8.74. The average Bonchev–Trinajstić information content (AvgIpc) is 2.79. The number of allylic oxidation sites excluding steroid dienone is 2. The number of hydrogen-bond acceptors (Lipinski definition) is 6. The van der Waals surface area contributed by atoms with E-state index in [0.717, 1.165) is 17.8 Å². The molecule has 3 aliphatic heterocycles. The number of ether oxygens (including phenoxy) is 1. The molecule has 1 aromatic carbocycles. The Bertz CT molecular complexity index is 1160. The van der Waals surface area contributed by atoms with Crippen molar-refractivity contribution in [1.82, 2.24) is 4.31 Å². The van der Waals surface area contributed by atoms with E-state index < -0.39 is 22.3 Å². The van der Waals surface area contributed by atoms with Crippen LogP contribution in [0.1, 0.15) is 45.2 Å². The summed E-state index contributed by atoms with van der Waals surface area (Å²) in [5, 5.41) is 4.26. The molecule has 0 bridgehead atoms. The summed E-state index contributed by atoms with van der Waals surface area (Å²) in [5.41, 5.74) is 8.27. The molecule has 6 nitrogen and oxygen atoms in total. The molecule has 4 unspecified atom stereocenters. The number of nitrogens with two attached hydrogens (primary N) is 1. The predicted octanol–water partition coefficient (Wildman–Crippen LogP) is 4.57. The molecule has 0 saturated carbocycles. The number of hydrogen-bond donors (Lipinski definition) is 1. The molecule has 4 atom stereocenters. The molecule has 0 radical (unpaired) electrons. The Hall–Kier alpha value is -2.39. The highest BCUT2D eigenvalue weighted by atomic mass is 32.2. The van der Waals surface area contributed by atoms with Gasteiger partial charge in [-0.15, -0.1) is 11.8 Å². The van der Waals surface area contributed by atoms with Gasteiger partial charge in [-0.05, 0) is 55.4 Å². The number of aliphatic imine (C=N–C) groups is 2. The number of nitrogens with zero attached hydrogens (tertiary/aromatic N) is 3. The first kappa shape index (κ1) is 23.8. The molecule has 9 heteroatoms. The molecule has 0 spiro atoms. The van der Waals surface area contributed by atoms with E-state index in [1.54, 1.807) is 37.9 Å². The molecule has 4 rings (SSSR count). The predicted molar refractivity (Wildman–Crippen MR) is 135 cm³/mol. The van der Waals surface area contributed by atoms with Crippen molar-refractivity contribution in [2.24, 2.45) is 21.6 Å². The summed E-state index contributed by atoms with van der Waals surface area (Å²) in [6, 6.07) is 4.70.